The minimum absolute atomic E-state index is 0.150. The molecule has 0 aliphatic rings. The molecule has 0 atom stereocenters. The smallest absolute Gasteiger partial charge is 0.307 e. The number of rotatable bonds is 5. The molecule has 25 heavy (non-hydrogen) atoms. The van der Waals surface area contributed by atoms with E-state index in [4.69, 9.17) is 15.6 Å². The van der Waals surface area contributed by atoms with Crippen LogP contribution in [0, 0.1) is 19.3 Å². The Morgan fingerprint density at radius 1 is 1.28 bits per heavy atom. The molecule has 0 fully saturated rings. The quantitative estimate of drug-likeness (QED) is 0.442. The number of hydrogen-bond donors (Lipinski definition) is 1. The molecule has 0 saturated heterocycles. The second kappa shape index (κ2) is 7.37. The summed E-state index contributed by atoms with van der Waals surface area (Å²) in [4.78, 5) is 12.0. The van der Waals surface area contributed by atoms with E-state index in [1.165, 1.54) is 0 Å². The van der Waals surface area contributed by atoms with Crippen LogP contribution in [-0.4, -0.2) is 18.7 Å². The van der Waals surface area contributed by atoms with Gasteiger partial charge in [0.25, 0.3) is 0 Å². The van der Waals surface area contributed by atoms with Gasteiger partial charge in [0.2, 0.25) is 0 Å². The predicted octanol–water partition coefficient (Wildman–Crippen LogP) is 3.52. The first-order valence-electron chi connectivity index (χ1n) is 7.67. The third kappa shape index (κ3) is 3.70. The fourth-order valence-corrected chi connectivity index (χ4v) is 2.42. The molecule has 1 N–H and O–H groups in total. The van der Waals surface area contributed by atoms with E-state index in [0.717, 1.165) is 16.3 Å². The highest BCUT2D eigenvalue weighted by atomic mass is 16.5. The number of terminal acetylenes is 1. The molecular formula is C20H16N2O3. The van der Waals surface area contributed by atoms with Crippen LogP contribution >= 0.6 is 0 Å². The monoisotopic (exact) mass is 332 g/mol. The number of benzene rings is 2. The van der Waals surface area contributed by atoms with Crippen molar-refractivity contribution in [1.82, 2.24) is 5.43 Å². The summed E-state index contributed by atoms with van der Waals surface area (Å²) < 4.78 is 10.8. The highest BCUT2D eigenvalue weighted by molar-refractivity contribution is 6.03. The molecule has 124 valence electrons. The molecule has 0 radical (unpaired) electrons. The summed E-state index contributed by atoms with van der Waals surface area (Å²) in [6.45, 7) is 1.92. The van der Waals surface area contributed by atoms with E-state index in [-0.39, 0.29) is 12.4 Å². The summed E-state index contributed by atoms with van der Waals surface area (Å²) >= 11 is 0. The molecular weight excluding hydrogens is 316 g/mol. The number of aryl methyl sites for hydroxylation is 1. The van der Waals surface area contributed by atoms with Gasteiger partial charge in [-0.2, -0.15) is 5.10 Å². The van der Waals surface area contributed by atoms with E-state index in [1.807, 2.05) is 36.4 Å². The number of ether oxygens (including phenoxy) is 1. The number of furan rings is 1. The summed E-state index contributed by atoms with van der Waals surface area (Å²) in [5.74, 6) is 3.49. The van der Waals surface area contributed by atoms with Crippen molar-refractivity contribution < 1.29 is 13.9 Å². The van der Waals surface area contributed by atoms with Crippen LogP contribution in [0.2, 0.25) is 0 Å². The van der Waals surface area contributed by atoms with E-state index >= 15 is 0 Å². The fourth-order valence-electron chi connectivity index (χ4n) is 2.42. The van der Waals surface area contributed by atoms with Crippen LogP contribution in [0.25, 0.3) is 10.8 Å². The summed E-state index contributed by atoms with van der Waals surface area (Å²) in [7, 11) is 0. The van der Waals surface area contributed by atoms with Crippen molar-refractivity contribution >= 4 is 22.9 Å². The minimum Gasteiger partial charge on any atom is -0.480 e. The summed E-state index contributed by atoms with van der Waals surface area (Å²) in [5.41, 5.74) is 3.19. The zero-order valence-corrected chi connectivity index (χ0v) is 13.7. The minimum atomic E-state index is -0.421. The largest absolute Gasteiger partial charge is 0.480 e. The van der Waals surface area contributed by atoms with Gasteiger partial charge in [-0.1, -0.05) is 36.3 Å². The number of carbonyl (C=O) groups excluding carboxylic acids is 1. The Balaban J connectivity index is 1.88. The van der Waals surface area contributed by atoms with Gasteiger partial charge in [-0.05, 0) is 35.9 Å². The maximum Gasteiger partial charge on any atom is 0.307 e. The number of fused-ring (bicyclic) bond motifs is 1. The van der Waals surface area contributed by atoms with Gasteiger partial charge in [0.05, 0.1) is 6.21 Å². The van der Waals surface area contributed by atoms with Gasteiger partial charge in [-0.25, -0.2) is 5.43 Å². The highest BCUT2D eigenvalue weighted by Gasteiger charge is 2.10. The van der Waals surface area contributed by atoms with Crippen molar-refractivity contribution in [2.45, 2.75) is 6.92 Å². The fraction of sp³-hybridized carbons (Fsp3) is 0.100. The molecule has 5 heteroatoms. The molecule has 0 unspecified atom stereocenters. The normalized spacial score (nSPS) is 10.7. The van der Waals surface area contributed by atoms with Crippen LogP contribution in [0.1, 0.15) is 21.9 Å². The Morgan fingerprint density at radius 3 is 2.88 bits per heavy atom. The molecule has 5 nitrogen and oxygen atoms in total. The highest BCUT2D eigenvalue weighted by Crippen LogP contribution is 2.26. The third-order valence-corrected chi connectivity index (χ3v) is 3.57. The number of hydrazone groups is 1. The Morgan fingerprint density at radius 2 is 2.12 bits per heavy atom. The van der Waals surface area contributed by atoms with Gasteiger partial charge in [-0.15, -0.1) is 6.42 Å². The first-order valence-corrected chi connectivity index (χ1v) is 7.67. The SMILES string of the molecule is C#CCOc1ccc2ccccc2c1/C=N/NC(=O)c1ccc(C)o1. The third-order valence-electron chi connectivity index (χ3n) is 3.57. The van der Waals surface area contributed by atoms with E-state index in [0.29, 0.717) is 11.5 Å². The van der Waals surface area contributed by atoms with Gasteiger partial charge in [0, 0.05) is 5.56 Å². The van der Waals surface area contributed by atoms with Crippen molar-refractivity contribution in [3.8, 4) is 18.1 Å². The summed E-state index contributed by atoms with van der Waals surface area (Å²) in [6.07, 6.45) is 6.81. The molecule has 3 rings (SSSR count). The zero-order chi connectivity index (χ0) is 17.6. The van der Waals surface area contributed by atoms with Crippen LogP contribution < -0.4 is 10.2 Å². The summed E-state index contributed by atoms with van der Waals surface area (Å²) in [5, 5.41) is 6.01. The van der Waals surface area contributed by atoms with Crippen LogP contribution in [-0.2, 0) is 0 Å². The van der Waals surface area contributed by atoms with Gasteiger partial charge >= 0.3 is 5.91 Å². The molecule has 2 aromatic carbocycles. The van der Waals surface area contributed by atoms with Crippen molar-refractivity contribution in [3.05, 3.63) is 65.6 Å². The van der Waals surface area contributed by atoms with Gasteiger partial charge in [0.1, 0.15) is 18.1 Å². The van der Waals surface area contributed by atoms with Crippen LogP contribution in [0.15, 0.2) is 58.0 Å². The first-order chi connectivity index (χ1) is 12.2. The van der Waals surface area contributed by atoms with E-state index in [1.54, 1.807) is 25.3 Å². The van der Waals surface area contributed by atoms with Crippen molar-refractivity contribution in [3.63, 3.8) is 0 Å². The average molecular weight is 332 g/mol. The van der Waals surface area contributed by atoms with Crippen LogP contribution in [0.4, 0.5) is 0 Å². The number of carbonyl (C=O) groups is 1. The number of amides is 1. The lowest BCUT2D eigenvalue weighted by atomic mass is 10.0. The topological polar surface area (TPSA) is 63.8 Å². The first kappa shape index (κ1) is 16.3. The molecule has 0 saturated carbocycles. The average Bonchev–Trinajstić information content (AvgIpc) is 3.07. The lowest BCUT2D eigenvalue weighted by Gasteiger charge is -2.09. The Kier molecular flexibility index (Phi) is 4.82. The number of nitrogens with zero attached hydrogens (tertiary/aromatic N) is 1. The molecule has 0 aliphatic heterocycles. The zero-order valence-electron chi connectivity index (χ0n) is 13.7. The molecule has 0 aliphatic carbocycles. The Bertz CT molecular complexity index is 980. The van der Waals surface area contributed by atoms with E-state index in [2.05, 4.69) is 16.4 Å². The Labute approximate surface area is 145 Å². The van der Waals surface area contributed by atoms with Crippen LogP contribution in [0.5, 0.6) is 5.75 Å². The molecule has 0 spiro atoms. The second-order valence-corrected chi connectivity index (χ2v) is 5.30. The number of nitrogens with one attached hydrogen (secondary N) is 1. The van der Waals surface area contributed by atoms with E-state index in [9.17, 15) is 4.79 Å². The molecule has 1 aromatic heterocycles. The lowest BCUT2D eigenvalue weighted by Crippen LogP contribution is -2.16. The summed E-state index contributed by atoms with van der Waals surface area (Å²) in [6, 6.07) is 14.9. The van der Waals surface area contributed by atoms with Gasteiger partial charge in [0.15, 0.2) is 5.76 Å². The number of hydrogen-bond acceptors (Lipinski definition) is 4. The maximum absolute atomic E-state index is 12.0. The van der Waals surface area contributed by atoms with Crippen molar-refractivity contribution in [2.75, 3.05) is 6.61 Å². The Hall–Kier alpha value is -3.52. The van der Waals surface area contributed by atoms with E-state index < -0.39 is 5.91 Å². The molecule has 1 amide bonds. The van der Waals surface area contributed by atoms with Gasteiger partial charge in [-0.3, -0.25) is 4.79 Å². The standard InChI is InChI=1S/C20H16N2O3/c1-3-12-24-18-11-9-15-6-4-5-7-16(15)17(18)13-21-22-20(23)19-10-8-14(2)25-19/h1,4-11,13H,12H2,2H3,(H,22,23)/b21-13+. The van der Waals surface area contributed by atoms with Crippen LogP contribution in [0.3, 0.4) is 0 Å². The maximum atomic E-state index is 12.0. The molecule has 3 aromatic rings. The molecule has 1 heterocycles. The van der Waals surface area contributed by atoms with Gasteiger partial charge < -0.3 is 9.15 Å². The lowest BCUT2D eigenvalue weighted by molar-refractivity contribution is 0.0926. The van der Waals surface area contributed by atoms with Crippen molar-refractivity contribution in [1.29, 1.82) is 0 Å². The molecule has 0 bridgehead atoms. The predicted molar refractivity (Wildman–Crippen MR) is 96.8 cm³/mol. The van der Waals surface area contributed by atoms with Crippen molar-refractivity contribution in [2.24, 2.45) is 5.10 Å². The second-order valence-electron chi connectivity index (χ2n) is 5.30.